The molecule has 1 aliphatic heterocycles. The van der Waals surface area contributed by atoms with E-state index >= 15 is 0 Å². The number of hydrogen-bond acceptors (Lipinski definition) is 3. The number of rotatable bonds is 1. The molecule has 3 atom stereocenters. The van der Waals surface area contributed by atoms with Gasteiger partial charge in [-0.25, -0.2) is 9.97 Å². The molecule has 0 saturated heterocycles. The maximum absolute atomic E-state index is 6.44. The van der Waals surface area contributed by atoms with Gasteiger partial charge in [0, 0.05) is 17.6 Å². The van der Waals surface area contributed by atoms with Crippen LogP contribution in [-0.4, -0.2) is 20.6 Å². The molecule has 0 radical (unpaired) electrons. The summed E-state index contributed by atoms with van der Waals surface area (Å²) < 4.78 is 2.24. The molecule has 1 N–H and O–H groups in total. The van der Waals surface area contributed by atoms with E-state index in [9.17, 15) is 0 Å². The van der Waals surface area contributed by atoms with E-state index in [1.165, 1.54) is 19.3 Å². The molecule has 1 aliphatic carbocycles. The Morgan fingerprint density at radius 2 is 2.14 bits per heavy atom. The number of fused-ring (bicyclic) bond motifs is 3. The van der Waals surface area contributed by atoms with Crippen molar-refractivity contribution in [3.05, 3.63) is 17.0 Å². The van der Waals surface area contributed by atoms with Gasteiger partial charge in [-0.1, -0.05) is 18.5 Å². The molecule has 21 heavy (non-hydrogen) atoms. The van der Waals surface area contributed by atoms with Gasteiger partial charge in [-0.15, -0.1) is 0 Å². The summed E-state index contributed by atoms with van der Waals surface area (Å²) in [5, 5.41) is 4.20. The summed E-state index contributed by atoms with van der Waals surface area (Å²) in [5.41, 5.74) is 4.17. The monoisotopic (exact) mass is 304 g/mol. The van der Waals surface area contributed by atoms with Gasteiger partial charge in [0.05, 0.1) is 12.0 Å². The maximum atomic E-state index is 6.44. The number of halogens is 1. The van der Waals surface area contributed by atoms with Crippen LogP contribution in [0, 0.1) is 5.92 Å². The standard InChI is InChI=1S/C16H21ClN4/c1-9-3-5-11(7-9)21-8-18-14-13-12(6-4-10(2)19-13)15(17)20-16(14)21/h8-11,19H,3-7H2,1-2H3/t9?,10?,11-/m0/s1. The van der Waals surface area contributed by atoms with E-state index in [0.29, 0.717) is 17.2 Å². The van der Waals surface area contributed by atoms with E-state index in [4.69, 9.17) is 11.6 Å². The quantitative estimate of drug-likeness (QED) is 0.803. The second kappa shape index (κ2) is 4.87. The van der Waals surface area contributed by atoms with Crippen LogP contribution in [0.15, 0.2) is 6.33 Å². The highest BCUT2D eigenvalue weighted by Gasteiger charge is 2.27. The van der Waals surface area contributed by atoms with Gasteiger partial charge in [-0.05, 0) is 44.9 Å². The minimum atomic E-state index is 0.468. The predicted molar refractivity (Wildman–Crippen MR) is 86.0 cm³/mol. The lowest BCUT2D eigenvalue weighted by Crippen LogP contribution is -2.23. The molecule has 3 heterocycles. The Balaban J connectivity index is 1.85. The first-order chi connectivity index (χ1) is 10.1. The first-order valence-electron chi connectivity index (χ1n) is 7.95. The van der Waals surface area contributed by atoms with Crippen LogP contribution in [-0.2, 0) is 6.42 Å². The van der Waals surface area contributed by atoms with E-state index in [0.717, 1.165) is 41.2 Å². The minimum absolute atomic E-state index is 0.468. The van der Waals surface area contributed by atoms with E-state index in [-0.39, 0.29) is 0 Å². The number of nitrogens with zero attached hydrogens (tertiary/aromatic N) is 3. The highest BCUT2D eigenvalue weighted by atomic mass is 35.5. The normalized spacial score (nSPS) is 28.6. The van der Waals surface area contributed by atoms with Gasteiger partial charge in [0.15, 0.2) is 5.65 Å². The molecule has 2 unspecified atom stereocenters. The third-order valence-electron chi connectivity index (χ3n) is 5.04. The van der Waals surface area contributed by atoms with Gasteiger partial charge < -0.3 is 9.88 Å². The van der Waals surface area contributed by atoms with Crippen LogP contribution in [0.1, 0.15) is 51.1 Å². The fraction of sp³-hybridized carbons (Fsp3) is 0.625. The minimum Gasteiger partial charge on any atom is -0.380 e. The second-order valence-corrected chi connectivity index (χ2v) is 7.09. The van der Waals surface area contributed by atoms with Crippen LogP contribution in [0.2, 0.25) is 5.15 Å². The molecule has 0 bridgehead atoms. The van der Waals surface area contributed by atoms with Gasteiger partial charge in [0.25, 0.3) is 0 Å². The molecule has 2 aromatic heterocycles. The van der Waals surface area contributed by atoms with Crippen molar-refractivity contribution < 1.29 is 0 Å². The summed E-state index contributed by atoms with van der Waals surface area (Å²) in [6.45, 7) is 4.53. The highest BCUT2D eigenvalue weighted by molar-refractivity contribution is 6.31. The number of hydrogen-bond donors (Lipinski definition) is 1. The van der Waals surface area contributed by atoms with Crippen molar-refractivity contribution in [2.24, 2.45) is 5.92 Å². The van der Waals surface area contributed by atoms with Gasteiger partial charge >= 0.3 is 0 Å². The molecule has 5 heteroatoms. The first-order valence-corrected chi connectivity index (χ1v) is 8.32. The predicted octanol–water partition coefficient (Wildman–Crippen LogP) is 4.19. The van der Waals surface area contributed by atoms with Gasteiger partial charge in [0.1, 0.15) is 10.7 Å². The molecular weight excluding hydrogens is 284 g/mol. The van der Waals surface area contributed by atoms with Crippen molar-refractivity contribution in [2.45, 2.75) is 58.0 Å². The van der Waals surface area contributed by atoms with Crippen LogP contribution in [0.5, 0.6) is 0 Å². The molecule has 2 aliphatic rings. The smallest absolute Gasteiger partial charge is 0.163 e. The Kier molecular flexibility index (Phi) is 3.10. The van der Waals surface area contributed by atoms with Crippen LogP contribution in [0.3, 0.4) is 0 Å². The van der Waals surface area contributed by atoms with Gasteiger partial charge in [-0.2, -0.15) is 0 Å². The summed E-state index contributed by atoms with van der Waals surface area (Å²) in [4.78, 5) is 9.33. The fourth-order valence-corrected chi connectivity index (χ4v) is 4.08. The molecule has 112 valence electrons. The zero-order valence-corrected chi connectivity index (χ0v) is 13.3. The number of anilines is 1. The van der Waals surface area contributed by atoms with Crippen LogP contribution < -0.4 is 5.32 Å². The van der Waals surface area contributed by atoms with Crippen molar-refractivity contribution in [1.82, 2.24) is 14.5 Å². The van der Waals surface area contributed by atoms with Crippen molar-refractivity contribution >= 4 is 28.5 Å². The Morgan fingerprint density at radius 1 is 1.29 bits per heavy atom. The van der Waals surface area contributed by atoms with Gasteiger partial charge in [0.2, 0.25) is 0 Å². The van der Waals surface area contributed by atoms with Crippen LogP contribution in [0.25, 0.3) is 11.2 Å². The summed E-state index contributed by atoms with van der Waals surface area (Å²) in [5.74, 6) is 0.790. The summed E-state index contributed by atoms with van der Waals surface area (Å²) in [7, 11) is 0. The first kappa shape index (κ1) is 13.4. The average molecular weight is 305 g/mol. The topological polar surface area (TPSA) is 42.7 Å². The van der Waals surface area contributed by atoms with Crippen molar-refractivity contribution in [3.63, 3.8) is 0 Å². The van der Waals surface area contributed by atoms with Crippen LogP contribution in [0.4, 0.5) is 5.69 Å². The average Bonchev–Trinajstić information content (AvgIpc) is 3.04. The number of aromatic nitrogens is 3. The number of nitrogens with one attached hydrogen (secondary N) is 1. The molecule has 1 fully saturated rings. The summed E-state index contributed by atoms with van der Waals surface area (Å²) in [6, 6.07) is 0.989. The van der Waals surface area contributed by atoms with E-state index in [1.54, 1.807) is 0 Å². The highest BCUT2D eigenvalue weighted by Crippen LogP contribution is 2.39. The zero-order valence-electron chi connectivity index (χ0n) is 12.6. The molecule has 1 saturated carbocycles. The molecular formula is C16H21ClN4. The molecule has 4 nitrogen and oxygen atoms in total. The fourth-order valence-electron chi connectivity index (χ4n) is 3.81. The van der Waals surface area contributed by atoms with Crippen LogP contribution >= 0.6 is 11.6 Å². The number of pyridine rings is 1. The molecule has 4 rings (SSSR count). The van der Waals surface area contributed by atoms with Crippen molar-refractivity contribution in [1.29, 1.82) is 0 Å². The van der Waals surface area contributed by atoms with E-state index in [1.807, 2.05) is 6.33 Å². The van der Waals surface area contributed by atoms with Crippen molar-refractivity contribution in [3.8, 4) is 0 Å². The SMILES string of the molecule is CC1CC[C@H](n2cnc3c4c(c(Cl)nc32)CCC(C)N4)C1. The molecule has 2 aromatic rings. The molecule has 0 amide bonds. The lowest BCUT2D eigenvalue weighted by atomic mass is 10.0. The Labute approximate surface area is 129 Å². The summed E-state index contributed by atoms with van der Waals surface area (Å²) in [6.07, 6.45) is 7.76. The van der Waals surface area contributed by atoms with Crippen molar-refractivity contribution in [2.75, 3.05) is 5.32 Å². The Morgan fingerprint density at radius 3 is 2.90 bits per heavy atom. The van der Waals surface area contributed by atoms with E-state index < -0.39 is 0 Å². The Hall–Kier alpha value is -1.29. The maximum Gasteiger partial charge on any atom is 0.163 e. The third-order valence-corrected chi connectivity index (χ3v) is 5.35. The van der Waals surface area contributed by atoms with Gasteiger partial charge in [-0.3, -0.25) is 0 Å². The second-order valence-electron chi connectivity index (χ2n) is 6.74. The largest absolute Gasteiger partial charge is 0.380 e. The third kappa shape index (κ3) is 2.11. The summed E-state index contributed by atoms with van der Waals surface area (Å²) >= 11 is 6.44. The lowest BCUT2D eigenvalue weighted by Gasteiger charge is -2.25. The lowest BCUT2D eigenvalue weighted by molar-refractivity contribution is 0.502. The van der Waals surface area contributed by atoms with E-state index in [2.05, 4.69) is 33.7 Å². The molecule has 0 aromatic carbocycles. The number of imidazole rings is 1. The zero-order chi connectivity index (χ0) is 14.6. The molecule has 0 spiro atoms. The Bertz CT molecular complexity index is 693.